The van der Waals surface area contributed by atoms with E-state index in [1.54, 1.807) is 12.4 Å². The van der Waals surface area contributed by atoms with E-state index in [1.807, 2.05) is 49.4 Å². The third kappa shape index (κ3) is 3.96. The molecule has 0 unspecified atom stereocenters. The van der Waals surface area contributed by atoms with E-state index < -0.39 is 0 Å². The molecule has 5 nitrogen and oxygen atoms in total. The number of para-hydroxylation sites is 1. The second-order valence-electron chi connectivity index (χ2n) is 5.43. The summed E-state index contributed by atoms with van der Waals surface area (Å²) in [7, 11) is 0. The van der Waals surface area contributed by atoms with Crippen molar-refractivity contribution in [3.63, 3.8) is 0 Å². The van der Waals surface area contributed by atoms with Gasteiger partial charge in [0, 0.05) is 24.3 Å². The molecule has 0 bridgehead atoms. The van der Waals surface area contributed by atoms with Crippen LogP contribution >= 0.6 is 0 Å². The van der Waals surface area contributed by atoms with Crippen molar-refractivity contribution in [3.8, 4) is 0 Å². The van der Waals surface area contributed by atoms with Crippen LogP contribution in [0.15, 0.2) is 59.3 Å². The number of nitrogens with zero attached hydrogens (tertiary/aromatic N) is 1. The SMILES string of the molecule is C[C@@H](NCC(=O)NCc1cccnc1)c1cc2ccccc2o1. The predicted octanol–water partition coefficient (Wildman–Crippen LogP) is 2.79. The molecule has 5 heteroatoms. The Balaban J connectivity index is 1.50. The minimum Gasteiger partial charge on any atom is -0.459 e. The van der Waals surface area contributed by atoms with Crippen molar-refractivity contribution < 1.29 is 9.21 Å². The molecule has 0 saturated carbocycles. The number of amides is 1. The first-order chi connectivity index (χ1) is 11.2. The Morgan fingerprint density at radius 2 is 2.13 bits per heavy atom. The minimum absolute atomic E-state index is 0.0356. The topological polar surface area (TPSA) is 67.2 Å². The molecule has 1 aromatic carbocycles. The molecule has 0 aliphatic heterocycles. The highest BCUT2D eigenvalue weighted by atomic mass is 16.3. The quantitative estimate of drug-likeness (QED) is 0.735. The number of aromatic nitrogens is 1. The van der Waals surface area contributed by atoms with Gasteiger partial charge in [0.2, 0.25) is 5.91 Å². The third-order valence-electron chi connectivity index (χ3n) is 3.65. The number of fused-ring (bicyclic) bond motifs is 1. The fourth-order valence-electron chi connectivity index (χ4n) is 2.33. The van der Waals surface area contributed by atoms with Gasteiger partial charge in [-0.3, -0.25) is 15.1 Å². The minimum atomic E-state index is -0.0585. The summed E-state index contributed by atoms with van der Waals surface area (Å²) in [5, 5.41) is 7.10. The fourth-order valence-corrected chi connectivity index (χ4v) is 2.33. The number of pyridine rings is 1. The van der Waals surface area contributed by atoms with E-state index in [0.29, 0.717) is 6.54 Å². The van der Waals surface area contributed by atoms with Gasteiger partial charge in [0.05, 0.1) is 12.6 Å². The molecule has 3 rings (SSSR count). The Morgan fingerprint density at radius 1 is 1.26 bits per heavy atom. The fraction of sp³-hybridized carbons (Fsp3) is 0.222. The molecular formula is C18H19N3O2. The Morgan fingerprint density at radius 3 is 2.91 bits per heavy atom. The predicted molar refractivity (Wildman–Crippen MR) is 88.7 cm³/mol. The van der Waals surface area contributed by atoms with Gasteiger partial charge in [-0.2, -0.15) is 0 Å². The van der Waals surface area contributed by atoms with E-state index in [1.165, 1.54) is 0 Å². The molecule has 0 aliphatic carbocycles. The monoisotopic (exact) mass is 309 g/mol. The Labute approximate surface area is 134 Å². The maximum absolute atomic E-state index is 11.9. The molecule has 118 valence electrons. The first-order valence-corrected chi connectivity index (χ1v) is 7.60. The van der Waals surface area contributed by atoms with Crippen LogP contribution in [-0.2, 0) is 11.3 Å². The van der Waals surface area contributed by atoms with Crippen molar-refractivity contribution in [2.75, 3.05) is 6.54 Å². The summed E-state index contributed by atoms with van der Waals surface area (Å²) in [5.41, 5.74) is 1.84. The zero-order valence-corrected chi connectivity index (χ0v) is 13.0. The highest BCUT2D eigenvalue weighted by molar-refractivity contribution is 5.78. The van der Waals surface area contributed by atoms with Gasteiger partial charge in [0.1, 0.15) is 11.3 Å². The smallest absolute Gasteiger partial charge is 0.234 e. The second kappa shape index (κ2) is 7.07. The Kier molecular flexibility index (Phi) is 4.68. The van der Waals surface area contributed by atoms with Crippen LogP contribution in [0.4, 0.5) is 0 Å². The van der Waals surface area contributed by atoms with Crippen molar-refractivity contribution in [3.05, 3.63) is 66.2 Å². The molecule has 1 atom stereocenters. The highest BCUT2D eigenvalue weighted by Crippen LogP contribution is 2.23. The number of rotatable bonds is 6. The van der Waals surface area contributed by atoms with Gasteiger partial charge in [-0.25, -0.2) is 0 Å². The molecule has 0 aliphatic rings. The van der Waals surface area contributed by atoms with E-state index in [-0.39, 0.29) is 18.5 Å². The van der Waals surface area contributed by atoms with Crippen LogP contribution in [0.1, 0.15) is 24.3 Å². The van der Waals surface area contributed by atoms with Crippen molar-refractivity contribution in [2.45, 2.75) is 19.5 Å². The Hall–Kier alpha value is -2.66. The molecule has 2 heterocycles. The van der Waals surface area contributed by atoms with Crippen LogP contribution in [-0.4, -0.2) is 17.4 Å². The van der Waals surface area contributed by atoms with Gasteiger partial charge < -0.3 is 9.73 Å². The molecule has 0 saturated heterocycles. The summed E-state index contributed by atoms with van der Waals surface area (Å²) >= 11 is 0. The summed E-state index contributed by atoms with van der Waals surface area (Å²) in [6.07, 6.45) is 3.45. The van der Waals surface area contributed by atoms with Crippen molar-refractivity contribution >= 4 is 16.9 Å². The molecule has 0 radical (unpaired) electrons. The van der Waals surface area contributed by atoms with Gasteiger partial charge >= 0.3 is 0 Å². The molecule has 3 aromatic rings. The molecule has 0 spiro atoms. The molecule has 2 N–H and O–H groups in total. The van der Waals surface area contributed by atoms with Gasteiger partial charge in [-0.1, -0.05) is 24.3 Å². The highest BCUT2D eigenvalue weighted by Gasteiger charge is 2.12. The standard InChI is InChI=1S/C18H19N3O2/c1-13(17-9-15-6-2-3-7-16(15)23-17)20-12-18(22)21-11-14-5-4-8-19-10-14/h2-10,13,20H,11-12H2,1H3,(H,21,22)/t13-/m1/s1. The van der Waals surface area contributed by atoms with Crippen LogP contribution < -0.4 is 10.6 Å². The number of hydrogen-bond donors (Lipinski definition) is 2. The second-order valence-corrected chi connectivity index (χ2v) is 5.43. The van der Waals surface area contributed by atoms with E-state index >= 15 is 0 Å². The van der Waals surface area contributed by atoms with Gasteiger partial charge in [0.15, 0.2) is 0 Å². The third-order valence-corrected chi connectivity index (χ3v) is 3.65. The molecule has 1 amide bonds. The van der Waals surface area contributed by atoms with Crippen molar-refractivity contribution in [2.24, 2.45) is 0 Å². The first kappa shape index (κ1) is 15.2. The summed E-state index contributed by atoms with van der Waals surface area (Å²) in [4.78, 5) is 15.9. The van der Waals surface area contributed by atoms with Crippen molar-refractivity contribution in [1.29, 1.82) is 0 Å². The van der Waals surface area contributed by atoms with Crippen LogP contribution in [0.25, 0.3) is 11.0 Å². The van der Waals surface area contributed by atoms with Crippen LogP contribution in [0, 0.1) is 0 Å². The number of nitrogens with one attached hydrogen (secondary N) is 2. The largest absolute Gasteiger partial charge is 0.459 e. The molecule has 0 fully saturated rings. The summed E-state index contributed by atoms with van der Waals surface area (Å²) in [6, 6.07) is 13.6. The maximum atomic E-state index is 11.9. The summed E-state index contributed by atoms with van der Waals surface area (Å²) in [6.45, 7) is 2.69. The lowest BCUT2D eigenvalue weighted by atomic mass is 10.2. The number of hydrogen-bond acceptors (Lipinski definition) is 4. The van der Waals surface area contributed by atoms with E-state index in [0.717, 1.165) is 22.3 Å². The van der Waals surface area contributed by atoms with Crippen LogP contribution in [0.5, 0.6) is 0 Å². The number of carbonyl (C=O) groups excluding carboxylic acids is 1. The Bertz CT molecular complexity index is 750. The van der Waals surface area contributed by atoms with Gasteiger partial charge in [-0.05, 0) is 30.7 Å². The normalized spacial score (nSPS) is 12.2. The zero-order valence-electron chi connectivity index (χ0n) is 13.0. The lowest BCUT2D eigenvalue weighted by molar-refractivity contribution is -0.120. The molecular weight excluding hydrogens is 290 g/mol. The lowest BCUT2D eigenvalue weighted by Gasteiger charge is -2.11. The zero-order chi connectivity index (χ0) is 16.1. The lowest BCUT2D eigenvalue weighted by Crippen LogP contribution is -2.34. The van der Waals surface area contributed by atoms with E-state index in [2.05, 4.69) is 15.6 Å². The maximum Gasteiger partial charge on any atom is 0.234 e. The molecule has 2 aromatic heterocycles. The first-order valence-electron chi connectivity index (χ1n) is 7.60. The van der Waals surface area contributed by atoms with Gasteiger partial charge in [0.25, 0.3) is 0 Å². The van der Waals surface area contributed by atoms with E-state index in [4.69, 9.17) is 4.42 Å². The summed E-state index contributed by atoms with van der Waals surface area (Å²) in [5.74, 6) is 0.767. The van der Waals surface area contributed by atoms with Crippen LogP contribution in [0.2, 0.25) is 0 Å². The van der Waals surface area contributed by atoms with Gasteiger partial charge in [-0.15, -0.1) is 0 Å². The number of benzene rings is 1. The van der Waals surface area contributed by atoms with E-state index in [9.17, 15) is 4.79 Å². The average Bonchev–Trinajstić information content (AvgIpc) is 3.03. The number of furan rings is 1. The van der Waals surface area contributed by atoms with Crippen LogP contribution in [0.3, 0.4) is 0 Å². The number of carbonyl (C=O) groups is 1. The molecule has 23 heavy (non-hydrogen) atoms. The van der Waals surface area contributed by atoms with Crippen molar-refractivity contribution in [1.82, 2.24) is 15.6 Å². The average molecular weight is 309 g/mol. The summed E-state index contributed by atoms with van der Waals surface area (Å²) < 4.78 is 5.79.